The molecule has 3 N–H and O–H groups in total. The molecule has 170 valence electrons. The highest BCUT2D eigenvalue weighted by Crippen LogP contribution is 2.21. The van der Waals surface area contributed by atoms with Crippen LogP contribution in [0.1, 0.15) is 33.3 Å². The second-order valence-electron chi connectivity index (χ2n) is 7.12. The predicted molar refractivity (Wildman–Crippen MR) is 118 cm³/mol. The van der Waals surface area contributed by atoms with Crippen molar-refractivity contribution in [1.82, 2.24) is 15.5 Å². The predicted octanol–water partition coefficient (Wildman–Crippen LogP) is 2.11. The van der Waals surface area contributed by atoms with Gasteiger partial charge < -0.3 is 20.3 Å². The van der Waals surface area contributed by atoms with Crippen LogP contribution in [0.4, 0.5) is 0 Å². The van der Waals surface area contributed by atoms with Crippen molar-refractivity contribution in [1.29, 1.82) is 0 Å². The first-order chi connectivity index (χ1) is 15.9. The van der Waals surface area contributed by atoms with Gasteiger partial charge in [-0.25, -0.2) is 9.59 Å². The van der Waals surface area contributed by atoms with Crippen molar-refractivity contribution in [3.05, 3.63) is 83.6 Å². The van der Waals surface area contributed by atoms with Crippen LogP contribution in [0.15, 0.2) is 66.7 Å². The van der Waals surface area contributed by atoms with E-state index in [1.807, 2.05) is 30.3 Å². The molecule has 1 heterocycles. The van der Waals surface area contributed by atoms with Gasteiger partial charge in [-0.05, 0) is 37.1 Å². The number of ether oxygens (including phenoxy) is 1. The molecule has 2 atom stereocenters. The number of rotatable bonds is 9. The number of nitrogens with zero attached hydrogens (tertiary/aromatic N) is 2. The molecule has 33 heavy (non-hydrogen) atoms. The Labute approximate surface area is 190 Å². The van der Waals surface area contributed by atoms with Gasteiger partial charge in [0.05, 0.1) is 23.9 Å². The van der Waals surface area contributed by atoms with Gasteiger partial charge in [0.2, 0.25) is 0 Å². The molecular weight excluding hydrogens is 426 g/mol. The number of amides is 1. The number of carboxylic acids is 1. The molecule has 0 fully saturated rings. The van der Waals surface area contributed by atoms with Crippen LogP contribution in [0.25, 0.3) is 11.3 Å². The number of aromatic carboxylic acids is 1. The van der Waals surface area contributed by atoms with Crippen molar-refractivity contribution in [3.63, 3.8) is 0 Å². The standard InChI is InChI=1S/C24H23N3O6/c1-2-33-24(32)21(28)20(14-15-8-4-3-5-9-15)25-22(29)19-13-12-18(26-27-19)16-10-6-7-11-17(16)23(30)31/h3-13,20-21,28H,2,14H2,1H3,(H,25,29)(H,30,31). The van der Waals surface area contributed by atoms with Crippen LogP contribution in [0.3, 0.4) is 0 Å². The van der Waals surface area contributed by atoms with Crippen molar-refractivity contribution in [2.75, 3.05) is 6.61 Å². The van der Waals surface area contributed by atoms with E-state index in [-0.39, 0.29) is 30.0 Å². The van der Waals surface area contributed by atoms with Crippen molar-refractivity contribution in [2.24, 2.45) is 0 Å². The molecule has 3 aromatic rings. The average molecular weight is 449 g/mol. The molecule has 0 saturated heterocycles. The molecule has 1 amide bonds. The Morgan fingerprint density at radius 1 is 0.970 bits per heavy atom. The van der Waals surface area contributed by atoms with Crippen LogP contribution in [0.5, 0.6) is 0 Å². The molecule has 1 aromatic heterocycles. The van der Waals surface area contributed by atoms with Crippen LogP contribution in [-0.2, 0) is 16.0 Å². The second-order valence-corrected chi connectivity index (χ2v) is 7.12. The zero-order valence-electron chi connectivity index (χ0n) is 17.8. The third-order valence-electron chi connectivity index (χ3n) is 4.85. The first-order valence-electron chi connectivity index (χ1n) is 10.3. The fourth-order valence-corrected chi connectivity index (χ4v) is 3.23. The van der Waals surface area contributed by atoms with E-state index in [4.69, 9.17) is 4.74 Å². The van der Waals surface area contributed by atoms with E-state index in [1.54, 1.807) is 25.1 Å². The lowest BCUT2D eigenvalue weighted by Crippen LogP contribution is -2.49. The SMILES string of the molecule is CCOC(=O)C(O)C(Cc1ccccc1)NC(=O)c1ccc(-c2ccccc2C(=O)O)nn1. The number of benzene rings is 2. The number of esters is 1. The maximum atomic E-state index is 12.8. The Kier molecular flexibility index (Phi) is 7.82. The minimum atomic E-state index is -1.58. The summed E-state index contributed by atoms with van der Waals surface area (Å²) in [6.07, 6.45) is -1.40. The summed E-state index contributed by atoms with van der Waals surface area (Å²) in [4.78, 5) is 36.3. The Bertz CT molecular complexity index is 1120. The summed E-state index contributed by atoms with van der Waals surface area (Å²) >= 11 is 0. The van der Waals surface area contributed by atoms with Gasteiger partial charge in [-0.2, -0.15) is 0 Å². The number of carbonyl (C=O) groups is 3. The minimum Gasteiger partial charge on any atom is -0.478 e. The minimum absolute atomic E-state index is 0.0549. The lowest BCUT2D eigenvalue weighted by atomic mass is 10.0. The monoisotopic (exact) mass is 449 g/mol. The van der Waals surface area contributed by atoms with E-state index in [1.165, 1.54) is 18.2 Å². The molecular formula is C24H23N3O6. The first-order valence-corrected chi connectivity index (χ1v) is 10.3. The van der Waals surface area contributed by atoms with E-state index in [9.17, 15) is 24.6 Å². The third kappa shape index (κ3) is 5.98. The number of hydrogen-bond donors (Lipinski definition) is 3. The van der Waals surface area contributed by atoms with E-state index < -0.39 is 30.0 Å². The van der Waals surface area contributed by atoms with Gasteiger partial charge in [0, 0.05) is 5.56 Å². The molecule has 2 aromatic carbocycles. The highest BCUT2D eigenvalue weighted by Gasteiger charge is 2.29. The lowest BCUT2D eigenvalue weighted by Gasteiger charge is -2.23. The number of carboxylic acid groups (broad SMARTS) is 1. The number of nitrogens with one attached hydrogen (secondary N) is 1. The lowest BCUT2D eigenvalue weighted by molar-refractivity contribution is -0.154. The van der Waals surface area contributed by atoms with E-state index in [0.29, 0.717) is 5.56 Å². The van der Waals surface area contributed by atoms with Crippen molar-refractivity contribution in [3.8, 4) is 11.3 Å². The van der Waals surface area contributed by atoms with Crippen molar-refractivity contribution < 1.29 is 29.3 Å². The first kappa shape index (κ1) is 23.6. The van der Waals surface area contributed by atoms with E-state index in [2.05, 4.69) is 15.5 Å². The normalized spacial score (nSPS) is 12.4. The Hall–Kier alpha value is -4.11. The second kappa shape index (κ2) is 11.0. The summed E-state index contributed by atoms with van der Waals surface area (Å²) in [5, 5.41) is 30.3. The van der Waals surface area contributed by atoms with Gasteiger partial charge in [-0.3, -0.25) is 4.79 Å². The smallest absolute Gasteiger partial charge is 0.337 e. The molecule has 0 aliphatic heterocycles. The molecule has 0 saturated carbocycles. The summed E-state index contributed by atoms with van der Waals surface area (Å²) < 4.78 is 4.89. The summed E-state index contributed by atoms with van der Waals surface area (Å²) in [7, 11) is 0. The molecule has 3 rings (SSSR count). The topological polar surface area (TPSA) is 139 Å². The maximum absolute atomic E-state index is 12.8. The highest BCUT2D eigenvalue weighted by atomic mass is 16.5. The molecule has 0 aliphatic carbocycles. The number of aromatic nitrogens is 2. The van der Waals surface area contributed by atoms with Gasteiger partial charge in [-0.15, -0.1) is 10.2 Å². The van der Waals surface area contributed by atoms with Gasteiger partial charge in [0.1, 0.15) is 0 Å². The molecule has 9 nitrogen and oxygen atoms in total. The number of hydrogen-bond acceptors (Lipinski definition) is 7. The van der Waals surface area contributed by atoms with Crippen LogP contribution in [0, 0.1) is 0 Å². The van der Waals surface area contributed by atoms with E-state index in [0.717, 1.165) is 5.56 Å². The van der Waals surface area contributed by atoms with Crippen molar-refractivity contribution >= 4 is 17.8 Å². The zero-order chi connectivity index (χ0) is 23.8. The Morgan fingerprint density at radius 3 is 2.30 bits per heavy atom. The van der Waals surface area contributed by atoms with Gasteiger partial charge in [-0.1, -0.05) is 48.5 Å². The Balaban J connectivity index is 1.80. The van der Waals surface area contributed by atoms with Crippen LogP contribution in [-0.4, -0.2) is 57.0 Å². The van der Waals surface area contributed by atoms with Crippen LogP contribution >= 0.6 is 0 Å². The van der Waals surface area contributed by atoms with E-state index >= 15 is 0 Å². The van der Waals surface area contributed by atoms with Gasteiger partial charge in [0.15, 0.2) is 11.8 Å². The molecule has 2 unspecified atom stereocenters. The number of aliphatic hydroxyl groups excluding tert-OH is 1. The molecule has 0 bridgehead atoms. The molecule has 0 aliphatic rings. The highest BCUT2D eigenvalue weighted by molar-refractivity contribution is 5.96. The largest absolute Gasteiger partial charge is 0.478 e. The molecule has 0 spiro atoms. The quantitative estimate of drug-likeness (QED) is 0.422. The van der Waals surface area contributed by atoms with Crippen molar-refractivity contribution in [2.45, 2.75) is 25.5 Å². The maximum Gasteiger partial charge on any atom is 0.337 e. The van der Waals surface area contributed by atoms with Crippen LogP contribution in [0.2, 0.25) is 0 Å². The summed E-state index contributed by atoms with van der Waals surface area (Å²) in [5.74, 6) is -2.60. The number of carbonyl (C=O) groups excluding carboxylic acids is 2. The average Bonchev–Trinajstić information content (AvgIpc) is 2.84. The summed E-state index contributed by atoms with van der Waals surface area (Å²) in [6, 6.07) is 17.3. The van der Waals surface area contributed by atoms with Gasteiger partial charge in [0.25, 0.3) is 5.91 Å². The third-order valence-corrected chi connectivity index (χ3v) is 4.85. The van der Waals surface area contributed by atoms with Crippen LogP contribution < -0.4 is 5.32 Å². The fraction of sp³-hybridized carbons (Fsp3) is 0.208. The fourth-order valence-electron chi connectivity index (χ4n) is 3.23. The molecule has 0 radical (unpaired) electrons. The zero-order valence-corrected chi connectivity index (χ0v) is 17.8. The Morgan fingerprint density at radius 2 is 1.67 bits per heavy atom. The summed E-state index contributed by atoms with van der Waals surface area (Å²) in [5.41, 5.74) is 1.46. The molecule has 9 heteroatoms. The summed E-state index contributed by atoms with van der Waals surface area (Å²) in [6.45, 7) is 1.71. The number of aliphatic hydroxyl groups is 1. The van der Waals surface area contributed by atoms with Gasteiger partial charge >= 0.3 is 11.9 Å².